The molecule has 0 aliphatic carbocycles. The Morgan fingerprint density at radius 1 is 0.348 bits per heavy atom. The minimum Gasteiger partial charge on any atom is -0.311 e. The Hall–Kier alpha value is -7.03. The van der Waals surface area contributed by atoms with Gasteiger partial charge >= 0.3 is 0 Å². The summed E-state index contributed by atoms with van der Waals surface area (Å²) in [6.45, 7) is 19.3. The van der Waals surface area contributed by atoms with E-state index < -0.39 is 0 Å². The van der Waals surface area contributed by atoms with E-state index in [9.17, 15) is 0 Å². The molecular weight excluding hydrogens is 794 g/mol. The molecule has 0 fully saturated rings. The van der Waals surface area contributed by atoms with Gasteiger partial charge in [0.15, 0.2) is 0 Å². The molecule has 10 aromatic carbocycles. The number of aryl methyl sites for hydroxylation is 2. The van der Waals surface area contributed by atoms with E-state index in [1.165, 1.54) is 144 Å². The van der Waals surface area contributed by atoms with Crippen molar-refractivity contribution >= 4 is 113 Å². The minimum atomic E-state index is -0.131. The van der Waals surface area contributed by atoms with Crippen molar-refractivity contribution in [3.05, 3.63) is 180 Å². The van der Waals surface area contributed by atoms with Crippen LogP contribution in [0, 0.1) is 13.8 Å². The summed E-state index contributed by atoms with van der Waals surface area (Å²) in [5.41, 5.74) is 26.6. The lowest BCUT2D eigenvalue weighted by atomic mass is 9.31. The van der Waals surface area contributed by atoms with Gasteiger partial charge in [-0.15, -0.1) is 0 Å². The molecule has 0 saturated carbocycles. The predicted molar refractivity (Wildman–Crippen MR) is 287 cm³/mol. The van der Waals surface area contributed by atoms with Crippen molar-refractivity contribution in [2.45, 2.75) is 66.2 Å². The predicted octanol–water partition coefficient (Wildman–Crippen LogP) is 12.4. The molecule has 4 heteroatoms. The molecule has 314 valence electrons. The van der Waals surface area contributed by atoms with Crippen molar-refractivity contribution in [2.24, 2.45) is 0 Å². The molecule has 0 aromatic heterocycles. The molecule has 0 bridgehead atoms. The number of nitrogens with zero attached hydrogens (tertiary/aromatic N) is 2. The van der Waals surface area contributed by atoms with E-state index >= 15 is 0 Å². The van der Waals surface area contributed by atoms with E-state index in [-0.39, 0.29) is 24.3 Å². The van der Waals surface area contributed by atoms with Crippen LogP contribution in [0.15, 0.2) is 158 Å². The van der Waals surface area contributed by atoms with Crippen LogP contribution in [0.5, 0.6) is 0 Å². The van der Waals surface area contributed by atoms with Crippen LogP contribution < -0.4 is 42.6 Å². The van der Waals surface area contributed by atoms with Gasteiger partial charge in [-0.2, -0.15) is 0 Å². The lowest BCUT2D eigenvalue weighted by Gasteiger charge is -2.43. The zero-order chi connectivity index (χ0) is 44.7. The molecule has 0 spiro atoms. The van der Waals surface area contributed by atoms with Gasteiger partial charge in [-0.25, -0.2) is 0 Å². The molecule has 0 radical (unpaired) electrons. The Balaban J connectivity index is 1.19. The highest BCUT2D eigenvalue weighted by atomic mass is 15.2. The Morgan fingerprint density at radius 2 is 0.727 bits per heavy atom. The molecule has 4 aliphatic rings. The molecule has 14 rings (SSSR count). The molecule has 0 N–H and O–H groups in total. The SMILES string of the molecule is Cc1cc2c3c(c1)N(c1ccccc1)c1ccccc1B3c1cc3c(C(C)(C)C)cc4c5c(cc6c(C(C)(C)C)cc-2c1c6c35)B1c2ccccc2N(c2ccccc2)c2cc(C)cc-4c21. The van der Waals surface area contributed by atoms with Crippen LogP contribution in [-0.2, 0) is 10.8 Å². The van der Waals surface area contributed by atoms with Crippen LogP contribution in [0.4, 0.5) is 34.1 Å². The van der Waals surface area contributed by atoms with Crippen molar-refractivity contribution < 1.29 is 0 Å². The standard InChI is InChI=1S/C62H50B2N2/c1-35-27-41-39-31-45(61(3,4)5)43-34-50-56-40(42-28-36(2)30-54-60(42)64(50)48-24-16-18-26-52(48)66(54)38-21-13-10-14-22-38)32-46(62(6,7)8)44-33-49(55(39)57(43)58(44)56)63-47-23-15-17-25-51(47)65(53(29-35)59(41)63)37-19-11-9-12-20-37/h9-34H,1-8H3. The molecule has 4 heterocycles. The van der Waals surface area contributed by atoms with E-state index in [0.717, 1.165) is 0 Å². The molecule has 0 amide bonds. The van der Waals surface area contributed by atoms with E-state index in [1.807, 2.05) is 0 Å². The van der Waals surface area contributed by atoms with Gasteiger partial charge in [0, 0.05) is 34.1 Å². The van der Waals surface area contributed by atoms with Gasteiger partial charge in [0.1, 0.15) is 0 Å². The largest absolute Gasteiger partial charge is 0.311 e. The van der Waals surface area contributed by atoms with Crippen molar-refractivity contribution in [1.82, 2.24) is 0 Å². The monoisotopic (exact) mass is 844 g/mol. The van der Waals surface area contributed by atoms with Gasteiger partial charge in [0.25, 0.3) is 0 Å². The zero-order valence-corrected chi connectivity index (χ0v) is 39.1. The second-order valence-electron chi connectivity index (χ2n) is 21.8. The maximum absolute atomic E-state index is 2.68. The van der Waals surface area contributed by atoms with Crippen LogP contribution in [0.3, 0.4) is 0 Å². The molecule has 2 nitrogen and oxygen atoms in total. The summed E-state index contributed by atoms with van der Waals surface area (Å²) >= 11 is 0. The third kappa shape index (κ3) is 4.89. The highest BCUT2D eigenvalue weighted by Gasteiger charge is 2.46. The first-order chi connectivity index (χ1) is 31.9. The van der Waals surface area contributed by atoms with E-state index in [2.05, 4.69) is 223 Å². The number of fused-ring (bicyclic) bond motifs is 8. The summed E-state index contributed by atoms with van der Waals surface area (Å²) < 4.78 is 0. The molecule has 4 aliphatic heterocycles. The summed E-state index contributed by atoms with van der Waals surface area (Å²) in [5, 5.41) is 8.55. The number of rotatable bonds is 2. The van der Waals surface area contributed by atoms with Crippen molar-refractivity contribution in [2.75, 3.05) is 9.80 Å². The summed E-state index contributed by atoms with van der Waals surface area (Å²) in [6.07, 6.45) is 0. The summed E-state index contributed by atoms with van der Waals surface area (Å²) in [4.78, 5) is 5.06. The van der Waals surface area contributed by atoms with Crippen LogP contribution in [-0.4, -0.2) is 13.4 Å². The van der Waals surface area contributed by atoms with Gasteiger partial charge in [-0.3, -0.25) is 0 Å². The topological polar surface area (TPSA) is 6.48 Å². The maximum Gasteiger partial charge on any atom is 0.248 e. The Labute approximate surface area is 389 Å². The fourth-order valence-electron chi connectivity index (χ4n) is 13.2. The zero-order valence-electron chi connectivity index (χ0n) is 39.1. The number of hydrogen-bond donors (Lipinski definition) is 0. The van der Waals surface area contributed by atoms with Gasteiger partial charge < -0.3 is 9.80 Å². The van der Waals surface area contributed by atoms with Crippen LogP contribution in [0.25, 0.3) is 54.6 Å². The van der Waals surface area contributed by atoms with E-state index in [1.54, 1.807) is 0 Å². The van der Waals surface area contributed by atoms with Crippen molar-refractivity contribution in [3.8, 4) is 22.3 Å². The molecule has 66 heavy (non-hydrogen) atoms. The molecule has 0 atom stereocenters. The second kappa shape index (κ2) is 12.9. The van der Waals surface area contributed by atoms with Crippen molar-refractivity contribution in [1.29, 1.82) is 0 Å². The van der Waals surface area contributed by atoms with E-state index in [4.69, 9.17) is 0 Å². The average Bonchev–Trinajstić information content (AvgIpc) is 3.30. The molecular formula is C62H50B2N2. The smallest absolute Gasteiger partial charge is 0.248 e. The van der Waals surface area contributed by atoms with Crippen LogP contribution >= 0.6 is 0 Å². The van der Waals surface area contributed by atoms with Gasteiger partial charge in [-0.1, -0.05) is 150 Å². The number of hydrogen-bond acceptors (Lipinski definition) is 2. The highest BCUT2D eigenvalue weighted by Crippen LogP contribution is 2.52. The first kappa shape index (κ1) is 38.3. The summed E-state index contributed by atoms with van der Waals surface area (Å²) in [6, 6.07) is 61.0. The van der Waals surface area contributed by atoms with Crippen LogP contribution in [0.1, 0.15) is 63.8 Å². The van der Waals surface area contributed by atoms with Gasteiger partial charge in [0.05, 0.1) is 0 Å². The van der Waals surface area contributed by atoms with Gasteiger partial charge in [-0.05, 0) is 184 Å². The minimum absolute atomic E-state index is 0.0753. The fraction of sp³-hybridized carbons (Fsp3) is 0.161. The molecule has 10 aromatic rings. The lowest BCUT2D eigenvalue weighted by molar-refractivity contribution is 0.595. The summed E-state index contributed by atoms with van der Waals surface area (Å²) in [7, 11) is 0. The number of para-hydroxylation sites is 4. The quantitative estimate of drug-likeness (QED) is 0.126. The molecule has 0 unspecified atom stereocenters. The average molecular weight is 845 g/mol. The Kier molecular flexibility index (Phi) is 7.45. The molecule has 0 saturated heterocycles. The second-order valence-corrected chi connectivity index (χ2v) is 21.8. The van der Waals surface area contributed by atoms with E-state index in [0.29, 0.717) is 0 Å². The maximum atomic E-state index is 2.68. The number of benzene rings is 10. The fourth-order valence-corrected chi connectivity index (χ4v) is 13.2. The third-order valence-corrected chi connectivity index (χ3v) is 15.7. The highest BCUT2D eigenvalue weighted by molar-refractivity contribution is 7.02. The van der Waals surface area contributed by atoms with Gasteiger partial charge in [0.2, 0.25) is 13.4 Å². The Morgan fingerprint density at radius 3 is 1.12 bits per heavy atom. The first-order valence-electron chi connectivity index (χ1n) is 23.9. The van der Waals surface area contributed by atoms with Crippen molar-refractivity contribution in [3.63, 3.8) is 0 Å². The summed E-state index contributed by atoms with van der Waals surface area (Å²) in [5.74, 6) is 0. The normalized spacial score (nSPS) is 14.2. The Bertz CT molecular complexity index is 3510. The van der Waals surface area contributed by atoms with Crippen LogP contribution in [0.2, 0.25) is 0 Å². The lowest BCUT2D eigenvalue weighted by Crippen LogP contribution is -2.60. The first-order valence-corrected chi connectivity index (χ1v) is 23.9. The third-order valence-electron chi connectivity index (χ3n) is 15.7. The number of anilines is 6.